The summed E-state index contributed by atoms with van der Waals surface area (Å²) in [6, 6.07) is 1.93. The molecule has 1 amide bonds. The van der Waals surface area contributed by atoms with E-state index in [4.69, 9.17) is 17.3 Å². The highest BCUT2D eigenvalue weighted by atomic mass is 32.2. The molecule has 3 nitrogen and oxygen atoms in total. The second kappa shape index (κ2) is 5.88. The van der Waals surface area contributed by atoms with Crippen LogP contribution in [0.3, 0.4) is 0 Å². The third-order valence-electron chi connectivity index (χ3n) is 2.66. The average Bonchev–Trinajstić information content (AvgIpc) is 2.64. The van der Waals surface area contributed by atoms with Crippen LogP contribution in [0.15, 0.2) is 17.0 Å². The quantitative estimate of drug-likeness (QED) is 0.686. The molecule has 1 aromatic rings. The highest BCUT2D eigenvalue weighted by Gasteiger charge is 2.31. The first kappa shape index (κ1) is 14.9. The summed E-state index contributed by atoms with van der Waals surface area (Å²) in [5.41, 5.74) is 0.162. The first-order valence-electron chi connectivity index (χ1n) is 5.87. The smallest absolute Gasteiger partial charge is 0.266 e. The van der Waals surface area contributed by atoms with E-state index < -0.39 is 17.4 Å². The molecule has 20 heavy (non-hydrogen) atoms. The summed E-state index contributed by atoms with van der Waals surface area (Å²) in [5.74, 6) is -3.43. The van der Waals surface area contributed by atoms with Crippen LogP contribution in [0, 0.1) is 11.6 Å². The molecule has 0 radical (unpaired) electrons. The van der Waals surface area contributed by atoms with Crippen molar-refractivity contribution in [2.24, 2.45) is 0 Å². The highest BCUT2D eigenvalue weighted by Crippen LogP contribution is 2.33. The predicted octanol–water partition coefficient (Wildman–Crippen LogP) is 3.28. The Labute approximate surface area is 124 Å². The fourth-order valence-electron chi connectivity index (χ4n) is 1.74. The number of phenols is 1. The van der Waals surface area contributed by atoms with Gasteiger partial charge in [-0.3, -0.25) is 9.69 Å². The topological polar surface area (TPSA) is 40.5 Å². The number of benzene rings is 1. The number of hydrogen-bond donors (Lipinski definition) is 1. The Kier molecular flexibility index (Phi) is 4.39. The maximum atomic E-state index is 13.2. The highest BCUT2D eigenvalue weighted by molar-refractivity contribution is 8.26. The molecular formula is C13H11F2NO2S2. The van der Waals surface area contributed by atoms with Crippen LogP contribution < -0.4 is 0 Å². The number of nitrogens with zero attached hydrogens (tertiary/aromatic N) is 1. The molecule has 0 spiro atoms. The van der Waals surface area contributed by atoms with E-state index in [1.54, 1.807) is 0 Å². The van der Waals surface area contributed by atoms with Crippen molar-refractivity contribution in [3.63, 3.8) is 0 Å². The van der Waals surface area contributed by atoms with Crippen molar-refractivity contribution in [1.29, 1.82) is 0 Å². The van der Waals surface area contributed by atoms with Gasteiger partial charge in [0, 0.05) is 6.54 Å². The number of phenolic OH excluding ortho intramolecular Hbond substituents is 1. The maximum absolute atomic E-state index is 13.2. The number of thiocarbonyl (C=S) groups is 1. The lowest BCUT2D eigenvalue weighted by Crippen LogP contribution is -2.28. The van der Waals surface area contributed by atoms with Crippen LogP contribution in [-0.4, -0.2) is 26.8 Å². The molecule has 0 unspecified atom stereocenters. The molecule has 0 saturated carbocycles. The minimum atomic E-state index is -1.07. The average molecular weight is 315 g/mol. The van der Waals surface area contributed by atoms with E-state index in [9.17, 15) is 13.6 Å². The molecule has 1 saturated heterocycles. The lowest BCUT2D eigenvalue weighted by atomic mass is 10.2. The van der Waals surface area contributed by atoms with E-state index >= 15 is 0 Å². The Morgan fingerprint density at radius 2 is 2.00 bits per heavy atom. The number of carbonyl (C=O) groups is 1. The third-order valence-corrected chi connectivity index (χ3v) is 4.04. The molecule has 1 heterocycles. The molecule has 7 heteroatoms. The lowest BCUT2D eigenvalue weighted by molar-refractivity contribution is -0.122. The third kappa shape index (κ3) is 2.83. The number of thioether (sulfide) groups is 1. The normalized spacial score (nSPS) is 17.4. The van der Waals surface area contributed by atoms with Crippen molar-refractivity contribution in [2.75, 3.05) is 6.54 Å². The molecule has 106 valence electrons. The van der Waals surface area contributed by atoms with Crippen molar-refractivity contribution in [3.05, 3.63) is 34.2 Å². The fraction of sp³-hybridized carbons (Fsp3) is 0.231. The lowest BCUT2D eigenvalue weighted by Gasteiger charge is -2.11. The molecule has 1 aliphatic rings. The van der Waals surface area contributed by atoms with Crippen LogP contribution in [-0.2, 0) is 4.79 Å². The van der Waals surface area contributed by atoms with Gasteiger partial charge in [-0.15, -0.1) is 0 Å². The van der Waals surface area contributed by atoms with Gasteiger partial charge in [-0.1, -0.05) is 30.9 Å². The fourth-order valence-corrected chi connectivity index (χ4v) is 3.04. The van der Waals surface area contributed by atoms with Gasteiger partial charge in [0.15, 0.2) is 17.4 Å². The minimum Gasteiger partial charge on any atom is -0.503 e. The van der Waals surface area contributed by atoms with Crippen molar-refractivity contribution < 1.29 is 18.7 Å². The van der Waals surface area contributed by atoms with Crippen molar-refractivity contribution in [2.45, 2.75) is 13.3 Å². The van der Waals surface area contributed by atoms with E-state index in [-0.39, 0.29) is 11.5 Å². The summed E-state index contributed by atoms with van der Waals surface area (Å²) in [6.07, 6.45) is 2.13. The standard InChI is InChI=1S/C13H11F2NO2S2/c1-2-3-16-12(18)10(20-13(16)19)6-7-4-8(14)11(17)9(15)5-7/h4-6,17H,2-3H2,1H3/b10-6-. The zero-order valence-electron chi connectivity index (χ0n) is 10.5. The van der Waals surface area contributed by atoms with Gasteiger partial charge in [-0.25, -0.2) is 8.78 Å². The number of halogens is 2. The van der Waals surface area contributed by atoms with Crippen LogP contribution in [0.2, 0.25) is 0 Å². The summed E-state index contributed by atoms with van der Waals surface area (Å²) in [4.78, 5) is 13.8. The van der Waals surface area contributed by atoms with Crippen molar-refractivity contribution in [3.8, 4) is 5.75 Å². The van der Waals surface area contributed by atoms with Crippen molar-refractivity contribution >= 4 is 40.3 Å². The monoisotopic (exact) mass is 315 g/mol. The van der Waals surface area contributed by atoms with Crippen LogP contribution >= 0.6 is 24.0 Å². The van der Waals surface area contributed by atoms with Crippen molar-refractivity contribution in [1.82, 2.24) is 4.90 Å². The maximum Gasteiger partial charge on any atom is 0.266 e. The Bertz CT molecular complexity index is 593. The van der Waals surface area contributed by atoms with E-state index in [2.05, 4.69) is 0 Å². The second-order valence-corrected chi connectivity index (χ2v) is 5.84. The molecular weight excluding hydrogens is 304 g/mol. The molecule has 1 aromatic carbocycles. The molecule has 1 fully saturated rings. The zero-order valence-corrected chi connectivity index (χ0v) is 12.2. The Morgan fingerprint density at radius 1 is 1.40 bits per heavy atom. The molecule has 2 rings (SSSR count). The van der Waals surface area contributed by atoms with Gasteiger partial charge in [0.2, 0.25) is 0 Å². The summed E-state index contributed by atoms with van der Waals surface area (Å²) in [7, 11) is 0. The summed E-state index contributed by atoms with van der Waals surface area (Å²) < 4.78 is 26.9. The second-order valence-electron chi connectivity index (χ2n) is 4.17. The summed E-state index contributed by atoms with van der Waals surface area (Å²) >= 11 is 6.18. The van der Waals surface area contributed by atoms with E-state index in [1.807, 2.05) is 6.92 Å². The van der Waals surface area contributed by atoms with Gasteiger partial charge >= 0.3 is 0 Å². The number of aromatic hydroxyl groups is 1. The van der Waals surface area contributed by atoms with E-state index in [0.29, 0.717) is 15.8 Å². The van der Waals surface area contributed by atoms with Gasteiger partial charge < -0.3 is 5.11 Å². The van der Waals surface area contributed by atoms with Gasteiger partial charge in [0.25, 0.3) is 5.91 Å². The number of carbonyl (C=O) groups excluding carboxylic acids is 1. The van der Waals surface area contributed by atoms with Gasteiger partial charge in [0.1, 0.15) is 4.32 Å². The van der Waals surface area contributed by atoms with Crippen LogP contribution in [0.25, 0.3) is 6.08 Å². The first-order chi connectivity index (χ1) is 9.43. The van der Waals surface area contributed by atoms with Gasteiger partial charge in [-0.05, 0) is 30.2 Å². The Balaban J connectivity index is 2.33. The molecule has 0 aliphatic carbocycles. The largest absolute Gasteiger partial charge is 0.503 e. The zero-order chi connectivity index (χ0) is 14.9. The summed E-state index contributed by atoms with van der Waals surface area (Å²) in [6.45, 7) is 2.44. The van der Waals surface area contributed by atoms with Crippen LogP contribution in [0.1, 0.15) is 18.9 Å². The van der Waals surface area contributed by atoms with Gasteiger partial charge in [0.05, 0.1) is 4.91 Å². The van der Waals surface area contributed by atoms with E-state index in [1.165, 1.54) is 11.0 Å². The molecule has 0 atom stereocenters. The molecule has 1 aliphatic heterocycles. The minimum absolute atomic E-state index is 0.162. The number of hydrogen-bond acceptors (Lipinski definition) is 4. The SMILES string of the molecule is CCCN1C(=O)/C(=C/c2cc(F)c(O)c(F)c2)SC1=S. The summed E-state index contributed by atoms with van der Waals surface area (Å²) in [5, 5.41) is 9.03. The number of rotatable bonds is 3. The van der Waals surface area contributed by atoms with Gasteiger partial charge in [-0.2, -0.15) is 0 Å². The predicted molar refractivity (Wildman–Crippen MR) is 78.2 cm³/mol. The number of amides is 1. The molecule has 0 aromatic heterocycles. The van der Waals surface area contributed by atoms with E-state index in [0.717, 1.165) is 30.3 Å². The van der Waals surface area contributed by atoms with Crippen LogP contribution in [0.5, 0.6) is 5.75 Å². The first-order valence-corrected chi connectivity index (χ1v) is 7.10. The molecule has 1 N–H and O–H groups in total. The Hall–Kier alpha value is -1.47. The molecule has 0 bridgehead atoms. The van der Waals surface area contributed by atoms with Crippen LogP contribution in [0.4, 0.5) is 8.78 Å². The Morgan fingerprint density at radius 3 is 2.55 bits per heavy atom.